The lowest BCUT2D eigenvalue weighted by Gasteiger charge is -2.22. The van der Waals surface area contributed by atoms with Crippen LogP contribution in [0.3, 0.4) is 0 Å². The fourth-order valence-electron chi connectivity index (χ4n) is 2.50. The smallest absolute Gasteiger partial charge is 0.194 e. The number of nitrogens with one attached hydrogen (secondary N) is 1. The number of aryl methyl sites for hydroxylation is 2. The van der Waals surface area contributed by atoms with Gasteiger partial charge in [-0.15, -0.1) is 10.2 Å². The van der Waals surface area contributed by atoms with Crippen molar-refractivity contribution in [2.45, 2.75) is 26.8 Å². The summed E-state index contributed by atoms with van der Waals surface area (Å²) in [5, 5.41) is 11.8. The van der Waals surface area contributed by atoms with Gasteiger partial charge >= 0.3 is 0 Å². The van der Waals surface area contributed by atoms with Gasteiger partial charge in [0.05, 0.1) is 6.54 Å². The first-order valence-corrected chi connectivity index (χ1v) is 10.9. The summed E-state index contributed by atoms with van der Waals surface area (Å²) < 4.78 is 7.82. The summed E-state index contributed by atoms with van der Waals surface area (Å²) >= 11 is 1.85. The Morgan fingerprint density at radius 1 is 1.25 bits per heavy atom. The maximum absolute atomic E-state index is 5.86. The molecular formula is C20H32N6OS. The van der Waals surface area contributed by atoms with Crippen LogP contribution in [0, 0.1) is 13.8 Å². The molecule has 0 fully saturated rings. The second kappa shape index (κ2) is 11.6. The summed E-state index contributed by atoms with van der Waals surface area (Å²) in [5.74, 6) is 4.61. The van der Waals surface area contributed by atoms with E-state index in [1.54, 1.807) is 0 Å². The van der Waals surface area contributed by atoms with Crippen LogP contribution in [0.4, 0.5) is 0 Å². The van der Waals surface area contributed by atoms with Crippen LogP contribution in [0.1, 0.15) is 23.6 Å². The van der Waals surface area contributed by atoms with Gasteiger partial charge in [0.15, 0.2) is 11.8 Å². The molecule has 2 aromatic rings. The fraction of sp³-hybridized carbons (Fsp3) is 0.550. The highest BCUT2D eigenvalue weighted by atomic mass is 32.2. The van der Waals surface area contributed by atoms with Crippen molar-refractivity contribution in [1.82, 2.24) is 25.0 Å². The minimum Gasteiger partial charge on any atom is -0.492 e. The van der Waals surface area contributed by atoms with Crippen molar-refractivity contribution in [1.29, 1.82) is 0 Å². The molecule has 0 bridgehead atoms. The van der Waals surface area contributed by atoms with Gasteiger partial charge in [-0.1, -0.05) is 17.7 Å². The number of ether oxygens (including phenoxy) is 1. The van der Waals surface area contributed by atoms with E-state index in [2.05, 4.69) is 45.7 Å². The van der Waals surface area contributed by atoms with Crippen LogP contribution in [0.25, 0.3) is 0 Å². The van der Waals surface area contributed by atoms with Gasteiger partial charge in [0.25, 0.3) is 0 Å². The van der Waals surface area contributed by atoms with Crippen molar-refractivity contribution < 1.29 is 4.74 Å². The Labute approximate surface area is 172 Å². The molecule has 7 nitrogen and oxygen atoms in total. The Morgan fingerprint density at radius 2 is 2.00 bits per heavy atom. The van der Waals surface area contributed by atoms with Gasteiger partial charge in [-0.25, -0.2) is 4.99 Å². The fourth-order valence-corrected chi connectivity index (χ4v) is 2.94. The van der Waals surface area contributed by atoms with E-state index in [1.807, 2.05) is 49.5 Å². The number of nitrogens with zero attached hydrogens (tertiary/aromatic N) is 5. The van der Waals surface area contributed by atoms with E-state index in [-0.39, 0.29) is 0 Å². The largest absolute Gasteiger partial charge is 0.492 e. The molecule has 0 amide bonds. The maximum Gasteiger partial charge on any atom is 0.194 e. The van der Waals surface area contributed by atoms with E-state index >= 15 is 0 Å². The van der Waals surface area contributed by atoms with Crippen molar-refractivity contribution in [3.8, 4) is 5.75 Å². The number of aliphatic imine (C=N–C) groups is 1. The van der Waals surface area contributed by atoms with Gasteiger partial charge in [0, 0.05) is 20.6 Å². The Hall–Kier alpha value is -2.22. The Morgan fingerprint density at radius 3 is 2.64 bits per heavy atom. The Kier molecular flexibility index (Phi) is 9.13. The molecule has 0 aliphatic carbocycles. The summed E-state index contributed by atoms with van der Waals surface area (Å²) in [6.45, 7) is 6.72. The van der Waals surface area contributed by atoms with Crippen molar-refractivity contribution >= 4 is 17.7 Å². The first-order chi connectivity index (χ1) is 13.5. The molecular weight excluding hydrogens is 372 g/mol. The molecule has 0 atom stereocenters. The third-order valence-electron chi connectivity index (χ3n) is 4.44. The lowest BCUT2D eigenvalue weighted by atomic mass is 10.2. The molecule has 1 heterocycles. The summed E-state index contributed by atoms with van der Waals surface area (Å²) in [5.41, 5.74) is 1.23. The molecule has 0 spiro atoms. The summed E-state index contributed by atoms with van der Waals surface area (Å²) in [7, 11) is 3.99. The van der Waals surface area contributed by atoms with Crippen molar-refractivity contribution in [3.05, 3.63) is 41.5 Å². The molecule has 0 saturated heterocycles. The average molecular weight is 405 g/mol. The van der Waals surface area contributed by atoms with E-state index < -0.39 is 0 Å². The normalized spacial score (nSPS) is 11.5. The molecule has 154 valence electrons. The van der Waals surface area contributed by atoms with Crippen molar-refractivity contribution in [2.75, 3.05) is 38.8 Å². The molecule has 8 heteroatoms. The number of guanidine groups is 1. The van der Waals surface area contributed by atoms with E-state index in [1.165, 1.54) is 5.56 Å². The number of hydrogen-bond acceptors (Lipinski definition) is 5. The van der Waals surface area contributed by atoms with Gasteiger partial charge in [-0.05, 0) is 44.4 Å². The highest BCUT2D eigenvalue weighted by Crippen LogP contribution is 2.11. The summed E-state index contributed by atoms with van der Waals surface area (Å²) in [6, 6.07) is 8.12. The van der Waals surface area contributed by atoms with E-state index in [0.29, 0.717) is 13.2 Å². The van der Waals surface area contributed by atoms with Crippen molar-refractivity contribution in [3.63, 3.8) is 0 Å². The van der Waals surface area contributed by atoms with Crippen LogP contribution >= 0.6 is 11.8 Å². The maximum atomic E-state index is 5.86. The topological polar surface area (TPSA) is 67.6 Å². The first-order valence-electron chi connectivity index (χ1n) is 9.54. The lowest BCUT2D eigenvalue weighted by Crippen LogP contribution is -2.41. The Bertz CT molecular complexity index is 744. The van der Waals surface area contributed by atoms with Crippen LogP contribution in [0.5, 0.6) is 5.75 Å². The van der Waals surface area contributed by atoms with E-state index in [0.717, 1.165) is 48.6 Å². The molecule has 0 unspecified atom stereocenters. The Balaban J connectivity index is 1.92. The number of thioether (sulfide) groups is 1. The molecule has 1 aromatic carbocycles. The number of likely N-dealkylation sites (N-methyl/N-ethyl adjacent to an activating group) is 1. The van der Waals surface area contributed by atoms with Gasteiger partial charge in [0.1, 0.15) is 24.7 Å². The van der Waals surface area contributed by atoms with Crippen LogP contribution in [0.15, 0.2) is 29.3 Å². The molecule has 0 radical (unpaired) electrons. The molecule has 0 aliphatic rings. The number of aromatic nitrogens is 3. The number of benzene rings is 1. The number of hydrogen-bond donors (Lipinski definition) is 1. The predicted octanol–water partition coefficient (Wildman–Crippen LogP) is 2.64. The summed E-state index contributed by atoms with van der Waals surface area (Å²) in [6.07, 6.45) is 3.22. The van der Waals surface area contributed by atoms with Gasteiger partial charge < -0.3 is 19.5 Å². The third kappa shape index (κ3) is 7.07. The van der Waals surface area contributed by atoms with Crippen LogP contribution in [-0.2, 0) is 13.6 Å². The second-order valence-electron chi connectivity index (χ2n) is 6.72. The molecule has 28 heavy (non-hydrogen) atoms. The zero-order valence-electron chi connectivity index (χ0n) is 17.6. The number of rotatable bonds is 10. The van der Waals surface area contributed by atoms with Crippen molar-refractivity contribution in [2.24, 2.45) is 12.0 Å². The van der Waals surface area contributed by atoms with Gasteiger partial charge in [0.2, 0.25) is 0 Å². The highest BCUT2D eigenvalue weighted by Gasteiger charge is 2.09. The van der Waals surface area contributed by atoms with E-state index in [4.69, 9.17) is 9.73 Å². The SMILES string of the molecule is CSCCCNC(=NCc1nnc(C)n1C)N(C)CCOc1ccc(C)cc1. The highest BCUT2D eigenvalue weighted by molar-refractivity contribution is 7.98. The first kappa shape index (κ1) is 22.1. The minimum absolute atomic E-state index is 0.491. The molecule has 2 rings (SSSR count). The predicted molar refractivity (Wildman–Crippen MR) is 117 cm³/mol. The molecule has 1 N–H and O–H groups in total. The molecule has 0 saturated carbocycles. The minimum atomic E-state index is 0.491. The third-order valence-corrected chi connectivity index (χ3v) is 5.14. The van der Waals surface area contributed by atoms with Gasteiger partial charge in [-0.3, -0.25) is 0 Å². The average Bonchev–Trinajstić information content (AvgIpc) is 3.01. The zero-order valence-corrected chi connectivity index (χ0v) is 18.4. The van der Waals surface area contributed by atoms with Crippen LogP contribution in [0.2, 0.25) is 0 Å². The monoisotopic (exact) mass is 404 g/mol. The zero-order chi connectivity index (χ0) is 20.4. The van der Waals surface area contributed by atoms with Gasteiger partial charge in [-0.2, -0.15) is 11.8 Å². The molecule has 0 aliphatic heterocycles. The second-order valence-corrected chi connectivity index (χ2v) is 7.70. The molecule has 1 aromatic heterocycles. The van der Waals surface area contributed by atoms with E-state index in [9.17, 15) is 0 Å². The quantitative estimate of drug-likeness (QED) is 0.373. The van der Waals surface area contributed by atoms with Crippen LogP contribution in [-0.4, -0.2) is 64.4 Å². The lowest BCUT2D eigenvalue weighted by molar-refractivity contribution is 0.281. The summed E-state index contributed by atoms with van der Waals surface area (Å²) in [4.78, 5) is 6.84. The van der Waals surface area contributed by atoms with Crippen LogP contribution < -0.4 is 10.1 Å². The standard InChI is InChI=1S/C20H32N6OS/c1-16-7-9-18(10-8-16)27-13-12-25(3)20(21-11-6-14-28-5)22-15-19-24-23-17(2)26(19)4/h7-10H,6,11-15H2,1-5H3,(H,21,22).